The molecule has 0 aromatic heterocycles. The summed E-state index contributed by atoms with van der Waals surface area (Å²) in [7, 11) is -4.32. The minimum Gasteiger partial charge on any atom is -0.872 e. The Balaban J connectivity index is 0.00000392. The van der Waals surface area contributed by atoms with Gasteiger partial charge in [-0.2, -0.15) is 8.42 Å². The number of rotatable bonds is 11. The number of ether oxygens (including phenoxy) is 1. The van der Waals surface area contributed by atoms with Crippen molar-refractivity contribution >= 4 is 10.1 Å². The van der Waals surface area contributed by atoms with Crippen molar-refractivity contribution in [3.8, 4) is 17.2 Å². The van der Waals surface area contributed by atoms with Crippen molar-refractivity contribution in [1.29, 1.82) is 0 Å². The van der Waals surface area contributed by atoms with Crippen LogP contribution in [0.3, 0.4) is 0 Å². The van der Waals surface area contributed by atoms with E-state index in [9.17, 15) is 18.1 Å². The molecule has 0 bridgehead atoms. The molecule has 0 aliphatic heterocycles. The van der Waals surface area contributed by atoms with Gasteiger partial charge in [-0.3, -0.25) is 4.55 Å². The van der Waals surface area contributed by atoms with Crippen LogP contribution in [0.5, 0.6) is 17.2 Å². The normalized spacial score (nSPS) is 11.1. The first-order valence-corrected chi connectivity index (χ1v) is 10.9. The molecule has 0 saturated heterocycles. The summed E-state index contributed by atoms with van der Waals surface area (Å²) >= 11 is 0. The van der Waals surface area contributed by atoms with E-state index in [1.807, 2.05) is 0 Å². The van der Waals surface area contributed by atoms with Crippen LogP contribution in [0.4, 0.5) is 0 Å². The van der Waals surface area contributed by atoms with Gasteiger partial charge in [0.05, 0.1) is 4.90 Å². The second kappa shape index (κ2) is 13.0. The first-order chi connectivity index (χ1) is 12.9. The molecule has 0 amide bonds. The Hall–Kier alpha value is -0.414. The van der Waals surface area contributed by atoms with Gasteiger partial charge < -0.3 is 9.84 Å². The first kappa shape index (κ1) is 25.6. The summed E-state index contributed by atoms with van der Waals surface area (Å²) in [6.07, 6.45) is 8.90. The van der Waals surface area contributed by atoms with E-state index < -0.39 is 10.1 Å². The van der Waals surface area contributed by atoms with Crippen LogP contribution in [0.2, 0.25) is 0 Å². The zero-order valence-corrected chi connectivity index (χ0v) is 20.6. The zero-order chi connectivity index (χ0) is 19.7. The Kier molecular flexibility index (Phi) is 11.9. The Labute approximate surface area is 210 Å². The van der Waals surface area contributed by atoms with Gasteiger partial charge >= 0.3 is 51.4 Å². The first-order valence-electron chi connectivity index (χ1n) is 9.45. The van der Waals surface area contributed by atoms with E-state index in [0.29, 0.717) is 17.9 Å². The van der Waals surface area contributed by atoms with Crippen molar-refractivity contribution in [1.82, 2.24) is 0 Å². The van der Waals surface area contributed by atoms with Gasteiger partial charge in [0.25, 0.3) is 10.1 Å². The molecule has 0 aliphatic rings. The van der Waals surface area contributed by atoms with Crippen molar-refractivity contribution in [2.24, 2.45) is 0 Å². The molecule has 2 aromatic carbocycles. The van der Waals surface area contributed by atoms with E-state index >= 15 is 0 Å². The molecule has 2 aromatic rings. The molecule has 5 nitrogen and oxygen atoms in total. The summed E-state index contributed by atoms with van der Waals surface area (Å²) in [5, 5.41) is 11.2. The number of aryl methyl sites for hydroxylation is 1. The molecule has 148 valence electrons. The summed E-state index contributed by atoms with van der Waals surface area (Å²) in [5.74, 6) is 0.624. The van der Waals surface area contributed by atoms with E-state index in [1.54, 1.807) is 6.07 Å². The third-order valence-electron chi connectivity index (χ3n) is 4.37. The number of hydrogen-bond acceptors (Lipinski definition) is 4. The van der Waals surface area contributed by atoms with Crippen LogP contribution < -0.4 is 61.2 Å². The van der Waals surface area contributed by atoms with Crippen molar-refractivity contribution in [2.45, 2.75) is 63.2 Å². The van der Waals surface area contributed by atoms with Crippen molar-refractivity contribution in [2.75, 3.05) is 0 Å². The summed E-state index contributed by atoms with van der Waals surface area (Å²) in [4.78, 5) is -0.182. The van der Waals surface area contributed by atoms with E-state index in [2.05, 4.69) is 6.92 Å². The third-order valence-corrected chi connectivity index (χ3v) is 5.20. The molecule has 0 radical (unpaired) electrons. The molecule has 0 fully saturated rings. The van der Waals surface area contributed by atoms with Gasteiger partial charge in [-0.05, 0) is 42.7 Å². The van der Waals surface area contributed by atoms with E-state index in [1.165, 1.54) is 68.5 Å². The number of hydrogen-bond donors (Lipinski definition) is 1. The van der Waals surface area contributed by atoms with Crippen LogP contribution in [-0.2, 0) is 16.5 Å². The second-order valence-electron chi connectivity index (χ2n) is 6.73. The molecule has 0 aliphatic carbocycles. The maximum Gasteiger partial charge on any atom is 1.00 e. The van der Waals surface area contributed by atoms with Crippen molar-refractivity contribution < 1.29 is 74.2 Å². The molecule has 0 unspecified atom stereocenters. The molecule has 0 atom stereocenters. The predicted octanol–water partition coefficient (Wildman–Crippen LogP) is 2.10. The summed E-state index contributed by atoms with van der Waals surface area (Å²) in [5.41, 5.74) is 0.800. The Morgan fingerprint density at radius 3 is 2.11 bits per heavy atom. The van der Waals surface area contributed by atoms with Gasteiger partial charge in [0.1, 0.15) is 11.5 Å². The largest absolute Gasteiger partial charge is 1.00 e. The minimum atomic E-state index is -4.32. The predicted molar refractivity (Wildman–Crippen MR) is 104 cm³/mol. The summed E-state index contributed by atoms with van der Waals surface area (Å²) in [6.45, 7) is 2.19. The second-order valence-corrected chi connectivity index (χ2v) is 8.15. The third kappa shape index (κ3) is 9.39. The van der Waals surface area contributed by atoms with E-state index in [0.717, 1.165) is 18.4 Å². The smallest absolute Gasteiger partial charge is 0.872 e. The molecule has 2 rings (SSSR count). The van der Waals surface area contributed by atoms with E-state index in [-0.39, 0.29) is 62.0 Å². The van der Waals surface area contributed by atoms with E-state index in [4.69, 9.17) is 4.74 Å². The molecule has 1 N–H and O–H groups in total. The number of benzene rings is 2. The van der Waals surface area contributed by atoms with Gasteiger partial charge in [-0.1, -0.05) is 57.6 Å². The van der Waals surface area contributed by atoms with Gasteiger partial charge in [-0.15, -0.1) is 5.75 Å². The molecule has 0 heterocycles. The average Bonchev–Trinajstić information content (AvgIpc) is 2.62. The maximum atomic E-state index is 11.6. The van der Waals surface area contributed by atoms with Crippen LogP contribution in [0.15, 0.2) is 47.4 Å². The van der Waals surface area contributed by atoms with Crippen molar-refractivity contribution in [3.05, 3.63) is 48.0 Å². The fourth-order valence-corrected chi connectivity index (χ4v) is 3.48. The Bertz CT molecular complexity index is 819. The molecule has 0 spiro atoms. The topological polar surface area (TPSA) is 86.7 Å². The van der Waals surface area contributed by atoms with Gasteiger partial charge in [0.15, 0.2) is 0 Å². The fraction of sp³-hybridized carbons (Fsp3) is 0.429. The standard InChI is InChI=1S/C21H28O5S.K/c1-2-3-4-5-6-7-8-9-17-14-20(16-21(15-17)27(23,24)25)26-19-12-10-18(22)11-13-19;/h10-16,22H,2-9H2,1H3,(H,23,24,25);/q;+1/p-1. The Morgan fingerprint density at radius 1 is 0.893 bits per heavy atom. The molecular weight excluding hydrogens is 403 g/mol. The van der Waals surface area contributed by atoms with Crippen LogP contribution in [0.1, 0.15) is 57.4 Å². The van der Waals surface area contributed by atoms with Crippen LogP contribution >= 0.6 is 0 Å². The van der Waals surface area contributed by atoms with Crippen LogP contribution in [0.25, 0.3) is 0 Å². The quantitative estimate of drug-likeness (QED) is 0.335. The van der Waals surface area contributed by atoms with Gasteiger partial charge in [0.2, 0.25) is 0 Å². The maximum absolute atomic E-state index is 11.6. The molecule has 28 heavy (non-hydrogen) atoms. The fourth-order valence-electron chi connectivity index (χ4n) is 2.91. The van der Waals surface area contributed by atoms with Crippen molar-refractivity contribution in [3.63, 3.8) is 0 Å². The Morgan fingerprint density at radius 2 is 1.50 bits per heavy atom. The number of unbranched alkanes of at least 4 members (excludes halogenated alkanes) is 6. The summed E-state index contributed by atoms with van der Waals surface area (Å²) in [6, 6.07) is 10.4. The molecular formula is C21H27KO5S. The molecule has 0 saturated carbocycles. The van der Waals surface area contributed by atoms with Gasteiger partial charge in [-0.25, -0.2) is 0 Å². The SMILES string of the molecule is CCCCCCCCCc1cc(Oc2ccc([O-])cc2)cc(S(=O)(=O)O)c1.[K+]. The van der Waals surface area contributed by atoms with Crippen LogP contribution in [0, 0.1) is 0 Å². The average molecular weight is 431 g/mol. The monoisotopic (exact) mass is 430 g/mol. The van der Waals surface area contributed by atoms with Gasteiger partial charge in [0, 0.05) is 6.07 Å². The van der Waals surface area contributed by atoms with Crippen LogP contribution in [-0.4, -0.2) is 13.0 Å². The summed E-state index contributed by atoms with van der Waals surface area (Å²) < 4.78 is 38.2. The minimum absolute atomic E-state index is 0. The molecule has 7 heteroatoms. The zero-order valence-electron chi connectivity index (χ0n) is 16.7.